The Labute approximate surface area is 141 Å². The number of carbonyl (C=O) groups excluding carboxylic acids is 3. The number of nitrogens with two attached hydrogens (primary N) is 1. The smallest absolute Gasteiger partial charge is 0.338 e. The second-order valence-electron chi connectivity index (χ2n) is 4.84. The van der Waals surface area contributed by atoms with E-state index in [0.29, 0.717) is 0 Å². The number of esters is 1. The summed E-state index contributed by atoms with van der Waals surface area (Å²) in [5.41, 5.74) is 5.42. The zero-order valence-electron chi connectivity index (χ0n) is 12.8. The maximum Gasteiger partial charge on any atom is 0.338 e. The molecule has 0 aromatic heterocycles. The Morgan fingerprint density at radius 2 is 1.72 bits per heavy atom. The highest BCUT2D eigenvalue weighted by Gasteiger charge is 2.14. The van der Waals surface area contributed by atoms with E-state index in [4.69, 9.17) is 10.5 Å². The Morgan fingerprint density at radius 1 is 1.08 bits per heavy atom. The Bertz CT molecular complexity index is 832. The average molecular weight is 343 g/mol. The molecule has 3 N–H and O–H groups in total. The van der Waals surface area contributed by atoms with Gasteiger partial charge >= 0.3 is 5.97 Å². The SMILES string of the molecule is NC(=O)c1ccccc1NC(=O)COC(=O)c1ccc([N+](=O)[O-])cc1. The highest BCUT2D eigenvalue weighted by atomic mass is 16.6. The van der Waals surface area contributed by atoms with Crippen molar-refractivity contribution in [2.75, 3.05) is 11.9 Å². The molecule has 128 valence electrons. The first-order valence-electron chi connectivity index (χ1n) is 6.98. The molecule has 0 heterocycles. The van der Waals surface area contributed by atoms with Crippen molar-refractivity contribution in [1.82, 2.24) is 0 Å². The Morgan fingerprint density at radius 3 is 2.32 bits per heavy atom. The second kappa shape index (κ2) is 7.68. The summed E-state index contributed by atoms with van der Waals surface area (Å²) in [6.45, 7) is -0.594. The molecule has 2 aromatic carbocycles. The molecule has 25 heavy (non-hydrogen) atoms. The Hall–Kier alpha value is -3.75. The van der Waals surface area contributed by atoms with Gasteiger partial charge in [-0.25, -0.2) is 4.79 Å². The van der Waals surface area contributed by atoms with Gasteiger partial charge in [0.1, 0.15) is 0 Å². The predicted octanol–water partition coefficient (Wildman–Crippen LogP) is 1.49. The highest BCUT2D eigenvalue weighted by Crippen LogP contribution is 2.15. The van der Waals surface area contributed by atoms with Gasteiger partial charge in [0.2, 0.25) is 0 Å². The number of nitro groups is 1. The number of nitrogens with one attached hydrogen (secondary N) is 1. The summed E-state index contributed by atoms with van der Waals surface area (Å²) in [6.07, 6.45) is 0. The molecule has 9 heteroatoms. The summed E-state index contributed by atoms with van der Waals surface area (Å²) in [5, 5.41) is 13.0. The fourth-order valence-corrected chi connectivity index (χ4v) is 1.93. The molecule has 0 aliphatic carbocycles. The van der Waals surface area contributed by atoms with E-state index in [0.717, 1.165) is 12.1 Å². The molecule has 2 amide bonds. The zero-order valence-corrected chi connectivity index (χ0v) is 12.8. The summed E-state index contributed by atoms with van der Waals surface area (Å²) in [4.78, 5) is 44.9. The van der Waals surface area contributed by atoms with Gasteiger partial charge in [0.15, 0.2) is 6.61 Å². The molecule has 0 unspecified atom stereocenters. The van der Waals surface area contributed by atoms with Crippen LogP contribution in [0.25, 0.3) is 0 Å². The van der Waals surface area contributed by atoms with Crippen molar-refractivity contribution in [3.05, 3.63) is 69.8 Å². The molecule has 0 saturated heterocycles. The maximum absolute atomic E-state index is 11.8. The van der Waals surface area contributed by atoms with Gasteiger partial charge in [0, 0.05) is 12.1 Å². The van der Waals surface area contributed by atoms with Gasteiger partial charge in [-0.1, -0.05) is 12.1 Å². The molecule has 2 aromatic rings. The molecule has 0 aliphatic heterocycles. The normalized spacial score (nSPS) is 9.92. The van der Waals surface area contributed by atoms with Crippen molar-refractivity contribution in [3.8, 4) is 0 Å². The van der Waals surface area contributed by atoms with Gasteiger partial charge in [-0.2, -0.15) is 0 Å². The second-order valence-corrected chi connectivity index (χ2v) is 4.84. The minimum Gasteiger partial charge on any atom is -0.452 e. The predicted molar refractivity (Wildman–Crippen MR) is 87.0 cm³/mol. The molecular weight excluding hydrogens is 330 g/mol. The van der Waals surface area contributed by atoms with E-state index in [9.17, 15) is 24.5 Å². The molecule has 0 fully saturated rings. The number of benzene rings is 2. The van der Waals surface area contributed by atoms with Crippen LogP contribution in [0.2, 0.25) is 0 Å². The van der Waals surface area contributed by atoms with Crippen LogP contribution in [0.3, 0.4) is 0 Å². The van der Waals surface area contributed by atoms with Crippen LogP contribution in [-0.2, 0) is 9.53 Å². The first kappa shape index (κ1) is 17.6. The van der Waals surface area contributed by atoms with Gasteiger partial charge in [-0.05, 0) is 24.3 Å². The number of amides is 2. The van der Waals surface area contributed by atoms with Crippen molar-refractivity contribution in [1.29, 1.82) is 0 Å². The van der Waals surface area contributed by atoms with Crippen LogP contribution in [0, 0.1) is 10.1 Å². The number of ether oxygens (including phenoxy) is 1. The van der Waals surface area contributed by atoms with Gasteiger partial charge in [0.05, 0.1) is 21.7 Å². The molecule has 0 radical (unpaired) electrons. The van der Waals surface area contributed by atoms with E-state index < -0.39 is 29.3 Å². The molecular formula is C16H13N3O6. The first-order valence-corrected chi connectivity index (χ1v) is 6.98. The summed E-state index contributed by atoms with van der Waals surface area (Å²) in [7, 11) is 0. The van der Waals surface area contributed by atoms with Gasteiger partial charge in [-0.3, -0.25) is 19.7 Å². The fourth-order valence-electron chi connectivity index (χ4n) is 1.93. The maximum atomic E-state index is 11.8. The number of para-hydroxylation sites is 1. The molecule has 0 saturated carbocycles. The van der Waals surface area contributed by atoms with Crippen molar-refractivity contribution in [3.63, 3.8) is 0 Å². The number of hydrogen-bond donors (Lipinski definition) is 2. The molecule has 0 bridgehead atoms. The van der Waals surface area contributed by atoms with Crippen molar-refractivity contribution in [2.24, 2.45) is 5.73 Å². The number of nitro benzene ring substituents is 1. The van der Waals surface area contributed by atoms with Crippen LogP contribution in [0.5, 0.6) is 0 Å². The molecule has 9 nitrogen and oxygen atoms in total. The van der Waals surface area contributed by atoms with Crippen LogP contribution in [0.1, 0.15) is 20.7 Å². The minimum absolute atomic E-state index is 0.0657. The average Bonchev–Trinajstić information content (AvgIpc) is 2.60. The van der Waals surface area contributed by atoms with Gasteiger partial charge < -0.3 is 15.8 Å². The number of anilines is 1. The number of primary amides is 1. The first-order chi connectivity index (χ1) is 11.9. The third-order valence-electron chi connectivity index (χ3n) is 3.11. The van der Waals surface area contributed by atoms with Crippen LogP contribution < -0.4 is 11.1 Å². The number of carbonyl (C=O) groups is 3. The number of nitrogens with zero attached hydrogens (tertiary/aromatic N) is 1. The van der Waals surface area contributed by atoms with Crippen LogP contribution in [-0.4, -0.2) is 29.3 Å². The van der Waals surface area contributed by atoms with Crippen molar-refractivity contribution >= 4 is 29.2 Å². The number of rotatable bonds is 6. The topological polar surface area (TPSA) is 142 Å². The molecule has 0 aliphatic rings. The van der Waals surface area contributed by atoms with E-state index in [1.807, 2.05) is 0 Å². The lowest BCUT2D eigenvalue weighted by atomic mass is 10.1. The quantitative estimate of drug-likeness (QED) is 0.462. The summed E-state index contributed by atoms with van der Waals surface area (Å²) >= 11 is 0. The minimum atomic E-state index is -0.812. The van der Waals surface area contributed by atoms with Gasteiger partial charge in [0.25, 0.3) is 17.5 Å². The van der Waals surface area contributed by atoms with E-state index in [1.165, 1.54) is 24.3 Å². The van der Waals surface area contributed by atoms with Crippen molar-refractivity contribution < 1.29 is 24.0 Å². The summed E-state index contributed by atoms with van der Waals surface area (Å²) in [5.74, 6) is -2.18. The molecule has 0 atom stereocenters. The lowest BCUT2D eigenvalue weighted by molar-refractivity contribution is -0.384. The monoisotopic (exact) mass is 343 g/mol. The largest absolute Gasteiger partial charge is 0.452 e. The molecule has 2 rings (SSSR count). The lowest BCUT2D eigenvalue weighted by Crippen LogP contribution is -2.23. The van der Waals surface area contributed by atoms with E-state index >= 15 is 0 Å². The third-order valence-corrected chi connectivity index (χ3v) is 3.11. The summed E-state index contributed by atoms with van der Waals surface area (Å²) < 4.78 is 4.83. The van der Waals surface area contributed by atoms with E-state index in [1.54, 1.807) is 12.1 Å². The number of hydrogen-bond acceptors (Lipinski definition) is 6. The number of non-ortho nitro benzene ring substituents is 1. The van der Waals surface area contributed by atoms with Crippen LogP contribution >= 0.6 is 0 Å². The molecule has 0 spiro atoms. The van der Waals surface area contributed by atoms with E-state index in [2.05, 4.69) is 5.32 Å². The Kier molecular flexibility index (Phi) is 5.41. The standard InChI is InChI=1S/C16H13N3O6/c17-15(21)12-3-1-2-4-13(12)18-14(20)9-25-16(22)10-5-7-11(8-6-10)19(23)24/h1-8H,9H2,(H2,17,21)(H,18,20). The van der Waals surface area contributed by atoms with Gasteiger partial charge in [-0.15, -0.1) is 0 Å². The lowest BCUT2D eigenvalue weighted by Gasteiger charge is -2.09. The van der Waals surface area contributed by atoms with Crippen LogP contribution in [0.4, 0.5) is 11.4 Å². The summed E-state index contributed by atoms with van der Waals surface area (Å²) in [6, 6.07) is 10.9. The van der Waals surface area contributed by atoms with Crippen LogP contribution in [0.15, 0.2) is 48.5 Å². The zero-order chi connectivity index (χ0) is 18.4. The van der Waals surface area contributed by atoms with Crippen molar-refractivity contribution in [2.45, 2.75) is 0 Å². The Balaban J connectivity index is 1.95. The fraction of sp³-hybridized carbons (Fsp3) is 0.0625. The third kappa shape index (κ3) is 4.61. The van der Waals surface area contributed by atoms with E-state index in [-0.39, 0.29) is 22.5 Å². The highest BCUT2D eigenvalue weighted by molar-refractivity contribution is 6.03.